The van der Waals surface area contributed by atoms with Crippen LogP contribution in [-0.4, -0.2) is 32.1 Å². The Morgan fingerprint density at radius 2 is 1.06 bits per heavy atom. The van der Waals surface area contributed by atoms with Gasteiger partial charge in [-0.2, -0.15) is 0 Å². The molecule has 0 aromatic heterocycles. The van der Waals surface area contributed by atoms with E-state index < -0.39 is 16.5 Å². The second kappa shape index (κ2) is 6.51. The van der Waals surface area contributed by atoms with Gasteiger partial charge in [0, 0.05) is 0 Å². The second-order valence-corrected chi connectivity index (χ2v) is 12.0. The fourth-order valence-corrected chi connectivity index (χ4v) is 8.69. The van der Waals surface area contributed by atoms with Gasteiger partial charge in [-0.05, 0) is 0 Å². The molecule has 2 aliphatic carbocycles. The molecule has 0 N–H and O–H groups in total. The average molecular weight is 280 g/mol. The molecule has 16 heavy (non-hydrogen) atoms. The van der Waals surface area contributed by atoms with Crippen LogP contribution < -0.4 is 0 Å². The molecule has 2 aliphatic rings. The zero-order valence-corrected chi connectivity index (χ0v) is 13.7. The zero-order chi connectivity index (χ0) is 11.4. The normalized spacial score (nSPS) is 24.9. The van der Waals surface area contributed by atoms with Crippen LogP contribution in [0.4, 0.5) is 0 Å². The summed E-state index contributed by atoms with van der Waals surface area (Å²) in [6.45, 7) is 0. The molecule has 0 radical (unpaired) electrons. The van der Waals surface area contributed by atoms with Gasteiger partial charge in [-0.25, -0.2) is 0 Å². The minimum atomic E-state index is -1.07. The van der Waals surface area contributed by atoms with Crippen LogP contribution in [0.5, 0.6) is 0 Å². The van der Waals surface area contributed by atoms with Gasteiger partial charge < -0.3 is 0 Å². The van der Waals surface area contributed by atoms with Crippen LogP contribution >= 0.6 is 0 Å². The molecule has 0 aliphatic heterocycles. The van der Waals surface area contributed by atoms with Crippen LogP contribution in [-0.2, 0) is 0 Å². The summed E-state index contributed by atoms with van der Waals surface area (Å²) in [5.41, 5.74) is 5.19. The summed E-state index contributed by atoms with van der Waals surface area (Å²) >= 11 is -1.07. The molecular weight excluding hydrogens is 252 g/mol. The summed E-state index contributed by atoms with van der Waals surface area (Å²) < 4.78 is 3.07. The van der Waals surface area contributed by atoms with Gasteiger partial charge in [0.1, 0.15) is 0 Å². The molecule has 2 saturated carbocycles. The molecule has 0 saturated heterocycles. The van der Waals surface area contributed by atoms with Gasteiger partial charge in [-0.3, -0.25) is 0 Å². The first-order chi connectivity index (χ1) is 7.79. The monoisotopic (exact) mass is 279 g/mol. The number of hydrogen-bond donors (Lipinski definition) is 0. The Balaban J connectivity index is 1.96. The van der Waals surface area contributed by atoms with Crippen LogP contribution in [0.25, 0.3) is 0 Å². The van der Waals surface area contributed by atoms with E-state index in [9.17, 15) is 0 Å². The van der Waals surface area contributed by atoms with Crippen LogP contribution in [0, 0.1) is 0 Å². The first-order valence-corrected chi connectivity index (χ1v) is 13.5. The van der Waals surface area contributed by atoms with E-state index in [1.165, 1.54) is 64.2 Å². The standard InChI is InChI=1S/C12H22N.2CH3.Ga/c1-3-7-11(8-4-1)13-12-9-5-2-6-10-12;;;/h11-12H,1-10H2;2*1H3;/q-1;;;+1. The predicted molar refractivity (Wildman–Crippen MR) is 73.1 cm³/mol. The molecule has 2 heteroatoms. The first-order valence-electron chi connectivity index (χ1n) is 7.56. The Morgan fingerprint density at radius 3 is 1.38 bits per heavy atom. The molecule has 0 heterocycles. The molecule has 0 bridgehead atoms. The van der Waals surface area contributed by atoms with Crippen molar-refractivity contribution in [1.29, 1.82) is 0 Å². The molecule has 92 valence electrons. The van der Waals surface area contributed by atoms with E-state index >= 15 is 0 Å². The summed E-state index contributed by atoms with van der Waals surface area (Å²) in [4.78, 5) is 0. The average Bonchev–Trinajstić information content (AvgIpc) is 2.31. The van der Waals surface area contributed by atoms with Crippen molar-refractivity contribution in [2.45, 2.75) is 87.2 Å². The number of rotatable bonds is 3. The number of nitrogens with zero attached hydrogens (tertiary/aromatic N) is 1. The van der Waals surface area contributed by atoms with Crippen molar-refractivity contribution >= 4 is 16.5 Å². The summed E-state index contributed by atoms with van der Waals surface area (Å²) in [6, 6.07) is 1.99. The molecular formula is C14H28GaN. The molecule has 0 aromatic carbocycles. The van der Waals surface area contributed by atoms with Gasteiger partial charge >= 0.3 is 107 Å². The minimum absolute atomic E-state index is 0.997. The fourth-order valence-electron chi connectivity index (χ4n) is 3.90. The predicted octanol–water partition coefficient (Wildman–Crippen LogP) is 4.20. The molecule has 0 amide bonds. The topological polar surface area (TPSA) is 3.24 Å². The van der Waals surface area contributed by atoms with Crippen LogP contribution in [0.2, 0.25) is 11.0 Å². The van der Waals surface area contributed by atoms with E-state index in [0.717, 1.165) is 12.1 Å². The summed E-state index contributed by atoms with van der Waals surface area (Å²) in [6.07, 6.45) is 15.1. The second-order valence-electron chi connectivity index (χ2n) is 6.12. The van der Waals surface area contributed by atoms with Crippen LogP contribution in [0.1, 0.15) is 64.2 Å². The third kappa shape index (κ3) is 3.30. The molecule has 2 fully saturated rings. The van der Waals surface area contributed by atoms with Gasteiger partial charge in [-0.1, -0.05) is 0 Å². The van der Waals surface area contributed by atoms with Gasteiger partial charge in [0.2, 0.25) is 0 Å². The molecule has 2 rings (SSSR count). The van der Waals surface area contributed by atoms with Gasteiger partial charge in [0.05, 0.1) is 0 Å². The maximum atomic E-state index is 3.07. The Morgan fingerprint density at radius 1 is 0.688 bits per heavy atom. The zero-order valence-electron chi connectivity index (χ0n) is 11.3. The fraction of sp³-hybridized carbons (Fsp3) is 1.00. The maximum absolute atomic E-state index is 3.07. The van der Waals surface area contributed by atoms with Crippen LogP contribution in [0.3, 0.4) is 0 Å². The van der Waals surface area contributed by atoms with E-state index in [1.807, 2.05) is 0 Å². The molecule has 0 spiro atoms. The third-order valence-corrected chi connectivity index (χ3v) is 8.86. The summed E-state index contributed by atoms with van der Waals surface area (Å²) in [5.74, 6) is 0. The van der Waals surface area contributed by atoms with Crippen molar-refractivity contribution in [2.75, 3.05) is 0 Å². The SMILES string of the molecule is [CH3][Ga]([CH3])[N](C1CCCCC1)C1CCCCC1. The van der Waals surface area contributed by atoms with E-state index in [1.54, 1.807) is 0 Å². The van der Waals surface area contributed by atoms with Gasteiger partial charge in [0.25, 0.3) is 0 Å². The van der Waals surface area contributed by atoms with Crippen molar-refractivity contribution in [3.8, 4) is 0 Å². The number of hydrogen-bond acceptors (Lipinski definition) is 1. The van der Waals surface area contributed by atoms with E-state index in [0.29, 0.717) is 0 Å². The summed E-state index contributed by atoms with van der Waals surface area (Å²) in [5, 5.41) is 0. The Labute approximate surface area is 107 Å². The van der Waals surface area contributed by atoms with Crippen molar-refractivity contribution in [3.05, 3.63) is 0 Å². The van der Waals surface area contributed by atoms with Crippen molar-refractivity contribution in [1.82, 2.24) is 3.61 Å². The van der Waals surface area contributed by atoms with Crippen molar-refractivity contribution in [3.63, 3.8) is 0 Å². The van der Waals surface area contributed by atoms with E-state index in [4.69, 9.17) is 0 Å². The molecule has 1 nitrogen and oxygen atoms in total. The summed E-state index contributed by atoms with van der Waals surface area (Å²) in [7, 11) is 0. The van der Waals surface area contributed by atoms with Gasteiger partial charge in [-0.15, -0.1) is 0 Å². The molecule has 0 unspecified atom stereocenters. The van der Waals surface area contributed by atoms with Crippen LogP contribution in [0.15, 0.2) is 0 Å². The van der Waals surface area contributed by atoms with Gasteiger partial charge in [0.15, 0.2) is 0 Å². The van der Waals surface area contributed by atoms with E-state index in [-0.39, 0.29) is 0 Å². The Bertz CT molecular complexity index is 175. The Hall–Kier alpha value is 0.596. The van der Waals surface area contributed by atoms with E-state index in [2.05, 4.69) is 14.6 Å². The molecule has 0 aromatic rings. The van der Waals surface area contributed by atoms with Crippen molar-refractivity contribution in [2.24, 2.45) is 0 Å². The first kappa shape index (κ1) is 13.0. The quantitative estimate of drug-likeness (QED) is 0.700. The third-order valence-electron chi connectivity index (χ3n) is 4.59. The molecule has 0 atom stereocenters. The van der Waals surface area contributed by atoms with Crippen molar-refractivity contribution < 1.29 is 0 Å². The Kier molecular flexibility index (Phi) is 5.30.